The summed E-state index contributed by atoms with van der Waals surface area (Å²) in [5, 5.41) is 4.92. The molecule has 0 aliphatic carbocycles. The summed E-state index contributed by atoms with van der Waals surface area (Å²) in [7, 11) is 0. The zero-order valence-electron chi connectivity index (χ0n) is 34.1. The van der Waals surface area contributed by atoms with Crippen LogP contribution in [0.15, 0.2) is 224 Å². The average molecular weight is 804 g/mol. The SMILES string of the molecule is c1ccc(-c2nc(-c3ccccc3)nc(-c3ccc4c(c3)C(c3ccccc3)(c3ccccc3)c3cccc5c6ccc(-n7c8ccccc8c8ccccc87)cc6n-4c35)n2)cc1. The lowest BCUT2D eigenvalue weighted by Crippen LogP contribution is -2.35. The summed E-state index contributed by atoms with van der Waals surface area (Å²) in [6.45, 7) is 0. The maximum absolute atomic E-state index is 5.22. The van der Waals surface area contributed by atoms with Crippen LogP contribution in [-0.4, -0.2) is 24.1 Å². The molecule has 4 heterocycles. The van der Waals surface area contributed by atoms with E-state index >= 15 is 0 Å². The van der Waals surface area contributed by atoms with Crippen molar-refractivity contribution in [3.8, 4) is 45.5 Å². The van der Waals surface area contributed by atoms with Crippen molar-refractivity contribution in [1.29, 1.82) is 0 Å². The zero-order chi connectivity index (χ0) is 41.5. The molecule has 294 valence electrons. The number of aromatic nitrogens is 5. The molecule has 0 unspecified atom stereocenters. The Kier molecular flexibility index (Phi) is 7.75. The van der Waals surface area contributed by atoms with Gasteiger partial charge in [-0.05, 0) is 64.7 Å². The molecule has 12 aromatic rings. The lowest BCUT2D eigenvalue weighted by atomic mass is 9.63. The van der Waals surface area contributed by atoms with E-state index in [1.54, 1.807) is 0 Å². The van der Waals surface area contributed by atoms with Crippen molar-refractivity contribution < 1.29 is 0 Å². The van der Waals surface area contributed by atoms with Gasteiger partial charge in [-0.3, -0.25) is 0 Å². The summed E-state index contributed by atoms with van der Waals surface area (Å²) >= 11 is 0. The van der Waals surface area contributed by atoms with Crippen LogP contribution in [0.3, 0.4) is 0 Å². The van der Waals surface area contributed by atoms with E-state index in [0.717, 1.165) is 39.1 Å². The standard InChI is InChI=1S/C58H37N5/c1-5-18-38(19-6-1)55-59-56(39-20-7-2-8-21-39)61-57(60-55)40-32-35-52-49(36-40)58(41-22-9-3-10-23-41,42-24-11-4-12-25-42)48-29-17-28-47-46-34-33-43(37-53(46)63(52)54(47)48)62-50-30-15-13-26-44(50)45-27-14-16-31-51(45)62/h1-37H. The normalized spacial score (nSPS) is 12.9. The van der Waals surface area contributed by atoms with Crippen molar-refractivity contribution in [1.82, 2.24) is 24.1 Å². The Bertz CT molecular complexity index is 3570. The first-order valence-electron chi connectivity index (χ1n) is 21.5. The second-order valence-corrected chi connectivity index (χ2v) is 16.4. The van der Waals surface area contributed by atoms with Crippen LogP contribution in [0.2, 0.25) is 0 Å². The third-order valence-corrected chi connectivity index (χ3v) is 13.0. The molecule has 0 radical (unpaired) electrons. The van der Waals surface area contributed by atoms with Gasteiger partial charge in [0.25, 0.3) is 0 Å². The van der Waals surface area contributed by atoms with Gasteiger partial charge in [0.2, 0.25) is 0 Å². The van der Waals surface area contributed by atoms with E-state index in [2.05, 4.69) is 197 Å². The molecule has 5 heteroatoms. The van der Waals surface area contributed by atoms with Crippen molar-refractivity contribution in [2.45, 2.75) is 5.41 Å². The molecular formula is C58H37N5. The number of benzene rings is 9. The minimum atomic E-state index is -0.690. The van der Waals surface area contributed by atoms with E-state index in [-0.39, 0.29) is 0 Å². The number of para-hydroxylation sites is 3. The summed E-state index contributed by atoms with van der Waals surface area (Å²) in [6, 6.07) is 80.5. The first-order valence-corrected chi connectivity index (χ1v) is 21.5. The first kappa shape index (κ1) is 35.4. The number of rotatable bonds is 6. The molecule has 63 heavy (non-hydrogen) atoms. The van der Waals surface area contributed by atoms with Crippen LogP contribution in [0, 0.1) is 0 Å². The van der Waals surface area contributed by atoms with E-state index in [1.165, 1.54) is 54.8 Å². The van der Waals surface area contributed by atoms with E-state index in [4.69, 9.17) is 15.0 Å². The van der Waals surface area contributed by atoms with Crippen LogP contribution in [0.1, 0.15) is 22.3 Å². The average Bonchev–Trinajstić information content (AvgIpc) is 3.88. The molecule has 1 aliphatic heterocycles. The zero-order valence-corrected chi connectivity index (χ0v) is 34.1. The first-order chi connectivity index (χ1) is 31.3. The molecule has 13 rings (SSSR count). The maximum atomic E-state index is 5.22. The highest BCUT2D eigenvalue weighted by Crippen LogP contribution is 2.55. The van der Waals surface area contributed by atoms with Gasteiger partial charge in [-0.2, -0.15) is 0 Å². The maximum Gasteiger partial charge on any atom is 0.164 e. The van der Waals surface area contributed by atoms with Crippen molar-refractivity contribution >= 4 is 43.6 Å². The second-order valence-electron chi connectivity index (χ2n) is 16.4. The topological polar surface area (TPSA) is 48.5 Å². The minimum Gasteiger partial charge on any atom is -0.309 e. The summed E-state index contributed by atoms with van der Waals surface area (Å²) in [4.78, 5) is 15.5. The number of fused-ring (bicyclic) bond motifs is 8. The smallest absolute Gasteiger partial charge is 0.164 e. The lowest BCUT2D eigenvalue weighted by molar-refractivity contribution is 0.728. The molecule has 5 nitrogen and oxygen atoms in total. The Hall–Kier alpha value is -8.41. The Morgan fingerprint density at radius 1 is 0.317 bits per heavy atom. The molecular weight excluding hydrogens is 767 g/mol. The summed E-state index contributed by atoms with van der Waals surface area (Å²) in [5.41, 5.74) is 13.8. The second kappa shape index (κ2) is 13.8. The predicted molar refractivity (Wildman–Crippen MR) is 257 cm³/mol. The van der Waals surface area contributed by atoms with E-state index in [1.807, 2.05) is 36.4 Å². The van der Waals surface area contributed by atoms with Crippen LogP contribution in [0.4, 0.5) is 0 Å². The largest absolute Gasteiger partial charge is 0.309 e. The van der Waals surface area contributed by atoms with Gasteiger partial charge in [0.05, 0.1) is 33.2 Å². The molecule has 0 bridgehead atoms. The van der Waals surface area contributed by atoms with Gasteiger partial charge in [-0.25, -0.2) is 15.0 Å². The molecule has 0 saturated carbocycles. The van der Waals surface area contributed by atoms with Gasteiger partial charge < -0.3 is 9.13 Å². The Morgan fingerprint density at radius 3 is 1.40 bits per heavy atom. The third-order valence-electron chi connectivity index (χ3n) is 13.0. The van der Waals surface area contributed by atoms with Gasteiger partial charge in [0, 0.05) is 43.9 Å². The van der Waals surface area contributed by atoms with Crippen LogP contribution in [-0.2, 0) is 5.41 Å². The van der Waals surface area contributed by atoms with Gasteiger partial charge in [-0.15, -0.1) is 0 Å². The van der Waals surface area contributed by atoms with E-state index < -0.39 is 5.41 Å². The highest BCUT2D eigenvalue weighted by molar-refractivity contribution is 6.14. The molecule has 0 atom stereocenters. The molecule has 1 aliphatic rings. The van der Waals surface area contributed by atoms with Crippen molar-refractivity contribution in [2.24, 2.45) is 0 Å². The Labute approximate surface area is 363 Å². The van der Waals surface area contributed by atoms with Crippen molar-refractivity contribution in [2.75, 3.05) is 0 Å². The molecule has 0 spiro atoms. The fourth-order valence-electron chi connectivity index (χ4n) is 10.4. The van der Waals surface area contributed by atoms with E-state index in [9.17, 15) is 0 Å². The fourth-order valence-corrected chi connectivity index (χ4v) is 10.4. The third kappa shape index (κ3) is 5.20. The van der Waals surface area contributed by atoms with Gasteiger partial charge in [0.15, 0.2) is 17.5 Å². The van der Waals surface area contributed by atoms with Crippen molar-refractivity contribution in [3.63, 3.8) is 0 Å². The highest BCUT2D eigenvalue weighted by atomic mass is 15.0. The summed E-state index contributed by atoms with van der Waals surface area (Å²) < 4.78 is 4.93. The number of hydrogen-bond acceptors (Lipinski definition) is 3. The molecule has 0 fully saturated rings. The molecule has 3 aromatic heterocycles. The van der Waals surface area contributed by atoms with Gasteiger partial charge >= 0.3 is 0 Å². The Balaban J connectivity index is 1.14. The van der Waals surface area contributed by atoms with Crippen LogP contribution >= 0.6 is 0 Å². The molecule has 0 N–H and O–H groups in total. The van der Waals surface area contributed by atoms with E-state index in [0.29, 0.717) is 17.5 Å². The minimum absolute atomic E-state index is 0.621. The predicted octanol–water partition coefficient (Wildman–Crippen LogP) is 13.8. The highest BCUT2D eigenvalue weighted by Gasteiger charge is 2.45. The monoisotopic (exact) mass is 803 g/mol. The summed E-state index contributed by atoms with van der Waals surface area (Å²) in [5.74, 6) is 1.89. The molecule has 9 aromatic carbocycles. The summed E-state index contributed by atoms with van der Waals surface area (Å²) in [6.07, 6.45) is 0. The molecule has 0 amide bonds. The number of hydrogen-bond donors (Lipinski definition) is 0. The number of nitrogens with zero attached hydrogens (tertiary/aromatic N) is 5. The van der Waals surface area contributed by atoms with Gasteiger partial charge in [-0.1, -0.05) is 182 Å². The van der Waals surface area contributed by atoms with Crippen LogP contribution < -0.4 is 0 Å². The van der Waals surface area contributed by atoms with Gasteiger partial charge in [0.1, 0.15) is 0 Å². The fraction of sp³-hybridized carbons (Fsp3) is 0.0172. The lowest BCUT2D eigenvalue weighted by Gasteiger charge is -2.42. The van der Waals surface area contributed by atoms with Crippen LogP contribution in [0.25, 0.3) is 89.2 Å². The van der Waals surface area contributed by atoms with Crippen molar-refractivity contribution in [3.05, 3.63) is 247 Å². The molecule has 0 saturated heterocycles. The van der Waals surface area contributed by atoms with Crippen LogP contribution in [0.5, 0.6) is 0 Å². The Morgan fingerprint density at radius 2 is 0.810 bits per heavy atom. The quantitative estimate of drug-likeness (QED) is 0.168.